The Balaban J connectivity index is 1.35. The van der Waals surface area contributed by atoms with Crippen molar-refractivity contribution >= 4 is 17.2 Å². The van der Waals surface area contributed by atoms with Crippen molar-refractivity contribution < 1.29 is 4.79 Å². The minimum Gasteiger partial charge on any atom is -0.327 e. The second-order valence-corrected chi connectivity index (χ2v) is 8.79. The predicted molar refractivity (Wildman–Crippen MR) is 123 cm³/mol. The number of nitrogens with one attached hydrogen (secondary N) is 1. The van der Waals surface area contributed by atoms with Crippen LogP contribution in [0.3, 0.4) is 0 Å². The van der Waals surface area contributed by atoms with Crippen LogP contribution in [-0.2, 0) is 13.1 Å². The Kier molecular flexibility index (Phi) is 4.32. The summed E-state index contributed by atoms with van der Waals surface area (Å²) in [5.74, 6) is 0.874. The van der Waals surface area contributed by atoms with Gasteiger partial charge in [-0.1, -0.05) is 24.3 Å². The molecular weight excluding hydrogens is 420 g/mol. The molecule has 1 aliphatic heterocycles. The summed E-state index contributed by atoms with van der Waals surface area (Å²) in [6, 6.07) is 18.0. The van der Waals surface area contributed by atoms with Gasteiger partial charge in [0.25, 0.3) is 5.91 Å². The number of amides is 1. The molecule has 0 bridgehead atoms. The van der Waals surface area contributed by atoms with Crippen LogP contribution in [0.1, 0.15) is 27.3 Å². The first-order chi connectivity index (χ1) is 15.7. The summed E-state index contributed by atoms with van der Waals surface area (Å²) in [4.78, 5) is 16.1. The van der Waals surface area contributed by atoms with E-state index in [0.717, 1.165) is 38.9 Å². The van der Waals surface area contributed by atoms with E-state index in [0.29, 0.717) is 18.8 Å². The van der Waals surface area contributed by atoms with Gasteiger partial charge in [-0.15, -0.1) is 11.3 Å². The Morgan fingerprint density at radius 2 is 1.91 bits per heavy atom. The molecule has 0 saturated heterocycles. The molecule has 1 aliphatic rings. The number of carbonyl (C=O) groups is 1. The Morgan fingerprint density at radius 1 is 1.06 bits per heavy atom. The summed E-state index contributed by atoms with van der Waals surface area (Å²) in [5.41, 5.74) is 5.45. The van der Waals surface area contributed by atoms with Crippen LogP contribution in [-0.4, -0.2) is 35.4 Å². The highest BCUT2D eigenvalue weighted by Crippen LogP contribution is 2.32. The van der Waals surface area contributed by atoms with E-state index in [4.69, 9.17) is 5.10 Å². The maximum Gasteiger partial charge on any atom is 0.275 e. The van der Waals surface area contributed by atoms with E-state index in [1.165, 1.54) is 0 Å². The van der Waals surface area contributed by atoms with Gasteiger partial charge in [-0.25, -0.2) is 4.68 Å². The van der Waals surface area contributed by atoms with Crippen molar-refractivity contribution in [2.75, 3.05) is 0 Å². The molecule has 7 nitrogen and oxygen atoms in total. The second kappa shape index (κ2) is 7.35. The van der Waals surface area contributed by atoms with Crippen LogP contribution < -0.4 is 0 Å². The fourth-order valence-corrected chi connectivity index (χ4v) is 4.90. The summed E-state index contributed by atoms with van der Waals surface area (Å²) < 4.78 is 4.06. The lowest BCUT2D eigenvalue weighted by Crippen LogP contribution is -2.26. The Labute approximate surface area is 188 Å². The zero-order valence-electron chi connectivity index (χ0n) is 17.4. The summed E-state index contributed by atoms with van der Waals surface area (Å²) in [7, 11) is 0. The van der Waals surface area contributed by atoms with E-state index in [9.17, 15) is 4.79 Å². The SMILES string of the molecule is Cc1ccccc1-n1nc2c(c1-n1cccc1)CN(C(=O)c1cc(-c3cccs3)[nH]n1)C2. The number of fused-ring (bicyclic) bond motifs is 1. The van der Waals surface area contributed by atoms with E-state index in [1.807, 2.05) is 64.9 Å². The number of H-pyrrole nitrogens is 1. The molecule has 0 radical (unpaired) electrons. The first kappa shape index (κ1) is 18.8. The maximum atomic E-state index is 13.2. The lowest BCUT2D eigenvalue weighted by atomic mass is 10.2. The van der Waals surface area contributed by atoms with Crippen molar-refractivity contribution in [3.05, 3.63) is 94.9 Å². The number of carbonyl (C=O) groups excluding carboxylic acids is 1. The molecule has 5 aromatic rings. The largest absolute Gasteiger partial charge is 0.327 e. The van der Waals surface area contributed by atoms with Crippen LogP contribution in [0.4, 0.5) is 0 Å². The highest BCUT2D eigenvalue weighted by molar-refractivity contribution is 7.13. The number of nitrogens with zero attached hydrogens (tertiary/aromatic N) is 5. The molecule has 1 aromatic carbocycles. The first-order valence-electron chi connectivity index (χ1n) is 10.4. The molecule has 6 rings (SSSR count). The highest BCUT2D eigenvalue weighted by atomic mass is 32.1. The number of aryl methyl sites for hydroxylation is 1. The van der Waals surface area contributed by atoms with Crippen LogP contribution in [0.2, 0.25) is 0 Å². The van der Waals surface area contributed by atoms with Crippen LogP contribution in [0.5, 0.6) is 0 Å². The molecule has 0 aliphatic carbocycles. The van der Waals surface area contributed by atoms with Crippen LogP contribution in [0.15, 0.2) is 72.4 Å². The van der Waals surface area contributed by atoms with Crippen LogP contribution in [0, 0.1) is 6.92 Å². The maximum absolute atomic E-state index is 13.2. The van der Waals surface area contributed by atoms with Gasteiger partial charge in [-0.05, 0) is 48.2 Å². The number of para-hydroxylation sites is 1. The van der Waals surface area contributed by atoms with E-state index in [1.54, 1.807) is 16.2 Å². The standard InChI is InChI=1S/C24H20N6OS/c1-16-7-2-3-8-21(16)30-23(28-10-4-5-11-28)17-14-29(15-20(17)27-30)24(31)19-13-18(25-26-19)22-9-6-12-32-22/h2-13H,14-15H2,1H3,(H,25,26). The summed E-state index contributed by atoms with van der Waals surface area (Å²) >= 11 is 1.61. The number of hydrogen-bond acceptors (Lipinski definition) is 4. The van der Waals surface area contributed by atoms with Crippen molar-refractivity contribution in [1.29, 1.82) is 0 Å². The summed E-state index contributed by atoms with van der Waals surface area (Å²) in [5, 5.41) is 14.2. The summed E-state index contributed by atoms with van der Waals surface area (Å²) in [6.45, 7) is 3.04. The van der Waals surface area contributed by atoms with Gasteiger partial charge in [0.1, 0.15) is 5.82 Å². The third-order valence-electron chi connectivity index (χ3n) is 5.79. The third kappa shape index (κ3) is 2.99. The number of benzene rings is 1. The van der Waals surface area contributed by atoms with Crippen LogP contribution >= 0.6 is 11.3 Å². The molecule has 158 valence electrons. The van der Waals surface area contributed by atoms with Gasteiger partial charge in [0.2, 0.25) is 0 Å². The van der Waals surface area contributed by atoms with Gasteiger partial charge in [-0.2, -0.15) is 10.2 Å². The minimum absolute atomic E-state index is 0.0945. The molecular formula is C24H20N6OS. The lowest BCUT2D eigenvalue weighted by Gasteiger charge is -2.17. The Hall–Kier alpha value is -3.91. The molecule has 5 heterocycles. The van der Waals surface area contributed by atoms with Gasteiger partial charge in [0.15, 0.2) is 5.69 Å². The topological polar surface area (TPSA) is 71.7 Å². The predicted octanol–water partition coefficient (Wildman–Crippen LogP) is 4.58. The lowest BCUT2D eigenvalue weighted by molar-refractivity contribution is 0.0743. The first-order valence-corrected chi connectivity index (χ1v) is 11.3. The second-order valence-electron chi connectivity index (χ2n) is 7.84. The quantitative estimate of drug-likeness (QED) is 0.445. The molecule has 1 amide bonds. The van der Waals surface area contributed by atoms with Gasteiger partial charge >= 0.3 is 0 Å². The fraction of sp³-hybridized carbons (Fsp3) is 0.125. The fourth-order valence-electron chi connectivity index (χ4n) is 4.21. The van der Waals surface area contributed by atoms with Crippen LogP contribution in [0.25, 0.3) is 22.1 Å². The average molecular weight is 441 g/mol. The summed E-state index contributed by atoms with van der Waals surface area (Å²) in [6.07, 6.45) is 4.02. The van der Waals surface area contributed by atoms with Gasteiger partial charge in [-0.3, -0.25) is 9.89 Å². The van der Waals surface area contributed by atoms with Crippen molar-refractivity contribution in [3.63, 3.8) is 0 Å². The molecule has 8 heteroatoms. The van der Waals surface area contributed by atoms with E-state index < -0.39 is 0 Å². The molecule has 0 fully saturated rings. The zero-order valence-corrected chi connectivity index (χ0v) is 18.2. The van der Waals surface area contributed by atoms with E-state index in [2.05, 4.69) is 33.8 Å². The highest BCUT2D eigenvalue weighted by Gasteiger charge is 2.33. The average Bonchev–Trinajstić information content (AvgIpc) is 3.61. The Morgan fingerprint density at radius 3 is 2.69 bits per heavy atom. The molecule has 0 spiro atoms. The normalized spacial score (nSPS) is 13.0. The number of hydrogen-bond donors (Lipinski definition) is 1. The monoisotopic (exact) mass is 440 g/mol. The van der Waals surface area contributed by atoms with E-state index in [-0.39, 0.29) is 5.91 Å². The Bertz CT molecular complexity index is 1410. The minimum atomic E-state index is -0.0945. The number of rotatable bonds is 4. The van der Waals surface area contributed by atoms with E-state index >= 15 is 0 Å². The van der Waals surface area contributed by atoms with Crippen molar-refractivity contribution in [2.45, 2.75) is 20.0 Å². The third-order valence-corrected chi connectivity index (χ3v) is 6.70. The molecule has 0 saturated carbocycles. The van der Waals surface area contributed by atoms with Crippen molar-refractivity contribution in [1.82, 2.24) is 29.4 Å². The van der Waals surface area contributed by atoms with Gasteiger partial charge < -0.3 is 9.47 Å². The van der Waals surface area contributed by atoms with Crippen molar-refractivity contribution in [3.8, 4) is 22.1 Å². The smallest absolute Gasteiger partial charge is 0.275 e. The number of aromatic nitrogens is 5. The molecule has 32 heavy (non-hydrogen) atoms. The zero-order chi connectivity index (χ0) is 21.7. The molecule has 0 unspecified atom stereocenters. The van der Waals surface area contributed by atoms with Gasteiger partial charge in [0, 0.05) is 18.0 Å². The van der Waals surface area contributed by atoms with Crippen molar-refractivity contribution in [2.24, 2.45) is 0 Å². The molecule has 1 N–H and O–H groups in total. The number of thiophene rings is 1. The van der Waals surface area contributed by atoms with Gasteiger partial charge in [0.05, 0.1) is 35.0 Å². The molecule has 0 atom stereocenters. The number of aromatic amines is 1. The molecule has 4 aromatic heterocycles.